The highest BCUT2D eigenvalue weighted by Gasteiger charge is 2.22. The maximum atomic E-state index is 11.7. The molecule has 4 aromatic rings. The molecule has 0 aliphatic carbocycles. The van der Waals surface area contributed by atoms with Crippen molar-refractivity contribution in [3.05, 3.63) is 66.0 Å². The average molecular weight is 384 g/mol. The van der Waals surface area contributed by atoms with E-state index in [9.17, 15) is 4.79 Å². The summed E-state index contributed by atoms with van der Waals surface area (Å²) in [5.74, 6) is 1.35. The Balaban J connectivity index is 1.50. The van der Waals surface area contributed by atoms with Gasteiger partial charge in [-0.2, -0.15) is 0 Å². The molecule has 7 nitrogen and oxygen atoms in total. The van der Waals surface area contributed by atoms with E-state index in [4.69, 9.17) is 0 Å². The monoisotopic (exact) mass is 384 g/mol. The van der Waals surface area contributed by atoms with Gasteiger partial charge in [-0.3, -0.25) is 4.79 Å². The highest BCUT2D eigenvalue weighted by molar-refractivity contribution is 5.94. The third-order valence-electron chi connectivity index (χ3n) is 5.22. The van der Waals surface area contributed by atoms with Gasteiger partial charge in [-0.25, -0.2) is 14.5 Å². The predicted molar refractivity (Wildman–Crippen MR) is 112 cm³/mol. The number of amides is 1. The zero-order valence-electron chi connectivity index (χ0n) is 16.3. The van der Waals surface area contributed by atoms with E-state index >= 15 is 0 Å². The first-order valence-corrected chi connectivity index (χ1v) is 9.56. The Bertz CT molecular complexity index is 1230. The van der Waals surface area contributed by atoms with Crippen molar-refractivity contribution in [2.45, 2.75) is 20.3 Å². The van der Waals surface area contributed by atoms with Gasteiger partial charge in [-0.15, -0.1) is 5.10 Å². The van der Waals surface area contributed by atoms with E-state index < -0.39 is 0 Å². The molecule has 0 unspecified atom stereocenters. The van der Waals surface area contributed by atoms with Crippen molar-refractivity contribution in [2.24, 2.45) is 0 Å². The molecule has 0 atom stereocenters. The third-order valence-corrected chi connectivity index (χ3v) is 5.22. The standard InChI is InChI=1S/C22H20N6O/c1-14-20-13-23-22(26-28(20)21(24-14)16-6-4-3-5-7-16)25-18-8-9-19-17(12-18)10-11-27(19)15(2)29/h3-9,12-13H,10-11H2,1-2H3,(H,25,26). The summed E-state index contributed by atoms with van der Waals surface area (Å²) in [7, 11) is 0. The number of hydrogen-bond donors (Lipinski definition) is 1. The molecule has 2 aromatic heterocycles. The van der Waals surface area contributed by atoms with Crippen molar-refractivity contribution in [1.29, 1.82) is 0 Å². The largest absolute Gasteiger partial charge is 0.323 e. The van der Waals surface area contributed by atoms with Crippen LogP contribution in [0.2, 0.25) is 0 Å². The fourth-order valence-corrected chi connectivity index (χ4v) is 3.79. The van der Waals surface area contributed by atoms with Gasteiger partial charge in [-0.05, 0) is 37.1 Å². The fraction of sp³-hybridized carbons (Fsp3) is 0.182. The van der Waals surface area contributed by atoms with Crippen molar-refractivity contribution >= 4 is 28.7 Å². The summed E-state index contributed by atoms with van der Waals surface area (Å²) in [6, 6.07) is 16.0. The maximum Gasteiger partial charge on any atom is 0.245 e. The lowest BCUT2D eigenvalue weighted by Crippen LogP contribution is -2.25. The molecular weight excluding hydrogens is 364 g/mol. The summed E-state index contributed by atoms with van der Waals surface area (Å²) in [6.07, 6.45) is 2.64. The number of aryl methyl sites for hydroxylation is 1. The lowest BCUT2D eigenvalue weighted by Gasteiger charge is -2.15. The van der Waals surface area contributed by atoms with E-state index in [0.717, 1.165) is 52.5 Å². The van der Waals surface area contributed by atoms with E-state index in [1.807, 2.05) is 58.8 Å². The summed E-state index contributed by atoms with van der Waals surface area (Å²) in [5, 5.41) is 7.96. The SMILES string of the molecule is CC(=O)N1CCc2cc(Nc3ncc4c(C)nc(-c5ccccc5)n4n3)ccc21. The Morgan fingerprint density at radius 1 is 1.14 bits per heavy atom. The number of anilines is 3. The molecule has 1 aliphatic heterocycles. The number of nitrogens with one attached hydrogen (secondary N) is 1. The number of hydrogen-bond acceptors (Lipinski definition) is 5. The Hall–Kier alpha value is -3.74. The molecule has 7 heteroatoms. The van der Waals surface area contributed by atoms with Gasteiger partial charge in [0.05, 0.1) is 11.9 Å². The molecule has 0 fully saturated rings. The highest BCUT2D eigenvalue weighted by atomic mass is 16.2. The van der Waals surface area contributed by atoms with Crippen molar-refractivity contribution in [1.82, 2.24) is 19.6 Å². The van der Waals surface area contributed by atoms with Gasteiger partial charge in [0.15, 0.2) is 5.82 Å². The predicted octanol–water partition coefficient (Wildman–Crippen LogP) is 3.75. The Kier molecular flexibility index (Phi) is 4.01. The zero-order valence-corrected chi connectivity index (χ0v) is 16.3. The molecule has 0 radical (unpaired) electrons. The topological polar surface area (TPSA) is 75.4 Å². The number of aromatic nitrogens is 4. The number of benzene rings is 2. The van der Waals surface area contributed by atoms with E-state index in [2.05, 4.69) is 26.4 Å². The first-order chi connectivity index (χ1) is 14.1. The number of imidazole rings is 1. The second-order valence-corrected chi connectivity index (χ2v) is 7.15. The molecule has 0 spiro atoms. The van der Waals surface area contributed by atoms with Crippen LogP contribution in [0, 0.1) is 6.92 Å². The summed E-state index contributed by atoms with van der Waals surface area (Å²) >= 11 is 0. The van der Waals surface area contributed by atoms with Crippen LogP contribution < -0.4 is 10.2 Å². The van der Waals surface area contributed by atoms with Crippen molar-refractivity contribution < 1.29 is 4.79 Å². The molecular formula is C22H20N6O. The van der Waals surface area contributed by atoms with Crippen LogP contribution in [-0.2, 0) is 11.2 Å². The van der Waals surface area contributed by atoms with Crippen molar-refractivity contribution in [2.75, 3.05) is 16.8 Å². The van der Waals surface area contributed by atoms with Crippen molar-refractivity contribution in [3.63, 3.8) is 0 Å². The van der Waals surface area contributed by atoms with Crippen LogP contribution >= 0.6 is 0 Å². The number of carbonyl (C=O) groups is 1. The van der Waals surface area contributed by atoms with Gasteiger partial charge < -0.3 is 10.2 Å². The molecule has 29 heavy (non-hydrogen) atoms. The van der Waals surface area contributed by atoms with E-state index in [0.29, 0.717) is 5.95 Å². The van der Waals surface area contributed by atoms with Crippen LogP contribution in [0.3, 0.4) is 0 Å². The summed E-state index contributed by atoms with van der Waals surface area (Å²) in [5.41, 5.74) is 5.79. The van der Waals surface area contributed by atoms with Crippen molar-refractivity contribution in [3.8, 4) is 11.4 Å². The summed E-state index contributed by atoms with van der Waals surface area (Å²) in [6.45, 7) is 4.28. The molecule has 0 saturated carbocycles. The number of nitrogens with zero attached hydrogens (tertiary/aromatic N) is 5. The lowest BCUT2D eigenvalue weighted by molar-refractivity contribution is -0.116. The van der Waals surface area contributed by atoms with Gasteiger partial charge in [0.1, 0.15) is 5.52 Å². The van der Waals surface area contributed by atoms with Gasteiger partial charge in [0.25, 0.3) is 0 Å². The van der Waals surface area contributed by atoms with E-state index in [1.54, 1.807) is 13.1 Å². The fourth-order valence-electron chi connectivity index (χ4n) is 3.79. The lowest BCUT2D eigenvalue weighted by atomic mass is 10.1. The molecule has 1 N–H and O–H groups in total. The summed E-state index contributed by atoms with van der Waals surface area (Å²) < 4.78 is 1.82. The van der Waals surface area contributed by atoms with Crippen LogP contribution in [-0.4, -0.2) is 32.0 Å². The van der Waals surface area contributed by atoms with Crippen LogP contribution in [0.25, 0.3) is 16.9 Å². The average Bonchev–Trinajstić information content (AvgIpc) is 3.29. The van der Waals surface area contributed by atoms with Gasteiger partial charge in [-0.1, -0.05) is 30.3 Å². The molecule has 2 aromatic carbocycles. The van der Waals surface area contributed by atoms with Crippen LogP contribution in [0.15, 0.2) is 54.7 Å². The Morgan fingerprint density at radius 3 is 2.76 bits per heavy atom. The molecule has 5 rings (SSSR count). The van der Waals surface area contributed by atoms with E-state index in [1.165, 1.54) is 0 Å². The number of fused-ring (bicyclic) bond motifs is 2. The second kappa shape index (κ2) is 6.70. The second-order valence-electron chi connectivity index (χ2n) is 7.15. The first kappa shape index (κ1) is 17.4. The minimum absolute atomic E-state index is 0.0714. The van der Waals surface area contributed by atoms with Gasteiger partial charge in [0.2, 0.25) is 11.9 Å². The molecule has 144 valence electrons. The quantitative estimate of drug-likeness (QED) is 0.582. The Labute approximate surface area is 168 Å². The normalized spacial score (nSPS) is 13.0. The van der Waals surface area contributed by atoms with Crippen LogP contribution in [0.4, 0.5) is 17.3 Å². The van der Waals surface area contributed by atoms with Crippen LogP contribution in [0.5, 0.6) is 0 Å². The first-order valence-electron chi connectivity index (χ1n) is 9.56. The minimum Gasteiger partial charge on any atom is -0.323 e. The van der Waals surface area contributed by atoms with Gasteiger partial charge in [0, 0.05) is 30.4 Å². The minimum atomic E-state index is 0.0714. The van der Waals surface area contributed by atoms with E-state index in [-0.39, 0.29) is 5.91 Å². The zero-order chi connectivity index (χ0) is 20.0. The Morgan fingerprint density at radius 2 is 1.97 bits per heavy atom. The maximum absolute atomic E-state index is 11.7. The smallest absolute Gasteiger partial charge is 0.245 e. The molecule has 1 aliphatic rings. The number of carbonyl (C=O) groups excluding carboxylic acids is 1. The molecule has 0 bridgehead atoms. The van der Waals surface area contributed by atoms with Gasteiger partial charge >= 0.3 is 0 Å². The molecule has 1 amide bonds. The molecule has 0 saturated heterocycles. The molecule has 3 heterocycles. The highest BCUT2D eigenvalue weighted by Crippen LogP contribution is 2.31. The van der Waals surface area contributed by atoms with Crippen LogP contribution in [0.1, 0.15) is 18.2 Å². The number of rotatable bonds is 3. The third kappa shape index (κ3) is 3.00. The summed E-state index contributed by atoms with van der Waals surface area (Å²) in [4.78, 5) is 22.7.